The fourth-order valence-electron chi connectivity index (χ4n) is 1.07. The quantitative estimate of drug-likeness (QED) is 0.700. The minimum atomic E-state index is -0.0672. The van der Waals surface area contributed by atoms with Crippen molar-refractivity contribution in [3.8, 4) is 0 Å². The maximum atomic E-state index is 10.9. The predicted octanol–water partition coefficient (Wildman–Crippen LogP) is 0.421. The van der Waals surface area contributed by atoms with Crippen LogP contribution in [0.3, 0.4) is 0 Å². The minimum Gasteiger partial charge on any atom is -0.394 e. The molecule has 0 atom stereocenters. The molecule has 0 aliphatic carbocycles. The van der Waals surface area contributed by atoms with Crippen molar-refractivity contribution in [3.05, 3.63) is 33.3 Å². The molecule has 78 valence electrons. The van der Waals surface area contributed by atoms with E-state index < -0.39 is 0 Å². The number of H-pyrrole nitrogens is 1. The monoisotopic (exact) mass is 223 g/mol. The molecule has 0 unspecified atom stereocenters. The molecule has 2 rings (SSSR count). The number of nitrogens with two attached hydrogens (primary N) is 1. The molecule has 0 fully saturated rings. The smallest absolute Gasteiger partial charge is 0.304 e. The summed E-state index contributed by atoms with van der Waals surface area (Å²) in [6.45, 7) is 0.486. The first-order valence-electron chi connectivity index (χ1n) is 4.22. The minimum absolute atomic E-state index is 0.0672. The highest BCUT2D eigenvalue weighted by Crippen LogP contribution is 2.12. The maximum Gasteiger partial charge on any atom is 0.304 e. The second-order valence-electron chi connectivity index (χ2n) is 2.85. The first-order chi connectivity index (χ1) is 7.25. The van der Waals surface area contributed by atoms with Gasteiger partial charge in [0.05, 0.1) is 18.4 Å². The standard InChI is InChI=1S/C8H9N5OS/c9-6-2-10-4-12-7(6)11-1-5-3-15-8(14)13-5/h2-4H,1,9H2,(H,13,14)(H,10,11,12). The molecular weight excluding hydrogens is 214 g/mol. The van der Waals surface area contributed by atoms with Crippen LogP contribution in [0.25, 0.3) is 0 Å². The Morgan fingerprint density at radius 1 is 1.60 bits per heavy atom. The molecule has 2 heterocycles. The van der Waals surface area contributed by atoms with Crippen molar-refractivity contribution < 1.29 is 0 Å². The van der Waals surface area contributed by atoms with Crippen molar-refractivity contribution in [2.24, 2.45) is 0 Å². The second kappa shape index (κ2) is 4.09. The Kier molecular flexibility index (Phi) is 2.64. The van der Waals surface area contributed by atoms with Gasteiger partial charge in [-0.15, -0.1) is 0 Å². The van der Waals surface area contributed by atoms with Gasteiger partial charge >= 0.3 is 4.87 Å². The van der Waals surface area contributed by atoms with Gasteiger partial charge in [-0.3, -0.25) is 4.79 Å². The van der Waals surface area contributed by atoms with E-state index >= 15 is 0 Å². The molecule has 0 saturated heterocycles. The van der Waals surface area contributed by atoms with Crippen molar-refractivity contribution in [1.82, 2.24) is 15.0 Å². The van der Waals surface area contributed by atoms with Gasteiger partial charge in [0, 0.05) is 11.1 Å². The van der Waals surface area contributed by atoms with Crippen LogP contribution in [0.15, 0.2) is 22.7 Å². The summed E-state index contributed by atoms with van der Waals surface area (Å²) in [5.41, 5.74) is 6.92. The van der Waals surface area contributed by atoms with Crippen molar-refractivity contribution in [2.45, 2.75) is 6.54 Å². The van der Waals surface area contributed by atoms with Gasteiger partial charge in [0.25, 0.3) is 0 Å². The van der Waals surface area contributed by atoms with Crippen LogP contribution in [0.2, 0.25) is 0 Å². The molecule has 0 aliphatic rings. The van der Waals surface area contributed by atoms with Gasteiger partial charge in [0.15, 0.2) is 5.82 Å². The van der Waals surface area contributed by atoms with Crippen LogP contribution in [0.4, 0.5) is 11.5 Å². The van der Waals surface area contributed by atoms with Gasteiger partial charge in [-0.2, -0.15) is 0 Å². The Morgan fingerprint density at radius 2 is 2.47 bits per heavy atom. The molecule has 0 radical (unpaired) electrons. The lowest BCUT2D eigenvalue weighted by molar-refractivity contribution is 1.03. The van der Waals surface area contributed by atoms with E-state index in [1.54, 1.807) is 5.38 Å². The summed E-state index contributed by atoms with van der Waals surface area (Å²) in [6, 6.07) is 0. The van der Waals surface area contributed by atoms with Crippen molar-refractivity contribution in [2.75, 3.05) is 11.1 Å². The molecule has 0 spiro atoms. The molecule has 0 amide bonds. The average molecular weight is 223 g/mol. The molecule has 0 saturated carbocycles. The van der Waals surface area contributed by atoms with Crippen molar-refractivity contribution in [1.29, 1.82) is 0 Å². The van der Waals surface area contributed by atoms with Crippen LogP contribution in [0, 0.1) is 0 Å². The van der Waals surface area contributed by atoms with Gasteiger partial charge < -0.3 is 16.0 Å². The van der Waals surface area contributed by atoms with E-state index in [1.807, 2.05) is 0 Å². The molecule has 0 aromatic carbocycles. The summed E-state index contributed by atoms with van der Waals surface area (Å²) < 4.78 is 0. The highest BCUT2D eigenvalue weighted by atomic mass is 32.1. The van der Waals surface area contributed by atoms with E-state index in [4.69, 9.17) is 5.73 Å². The summed E-state index contributed by atoms with van der Waals surface area (Å²) in [6.07, 6.45) is 2.93. The molecule has 4 N–H and O–H groups in total. The third-order valence-electron chi connectivity index (χ3n) is 1.76. The normalized spacial score (nSPS) is 10.1. The topological polar surface area (TPSA) is 96.7 Å². The Hall–Kier alpha value is -1.89. The van der Waals surface area contributed by atoms with Crippen molar-refractivity contribution >= 4 is 22.8 Å². The van der Waals surface area contributed by atoms with E-state index in [-0.39, 0.29) is 4.87 Å². The molecular formula is C8H9N5OS. The van der Waals surface area contributed by atoms with Crippen LogP contribution in [0.1, 0.15) is 5.69 Å². The number of nitrogens with zero attached hydrogens (tertiary/aromatic N) is 2. The third-order valence-corrected chi connectivity index (χ3v) is 2.48. The van der Waals surface area contributed by atoms with E-state index in [1.165, 1.54) is 12.5 Å². The van der Waals surface area contributed by atoms with Gasteiger partial charge in [-0.05, 0) is 0 Å². The van der Waals surface area contributed by atoms with Gasteiger partial charge in [0.2, 0.25) is 0 Å². The zero-order chi connectivity index (χ0) is 10.7. The Balaban J connectivity index is 2.05. The van der Waals surface area contributed by atoms with E-state index in [0.29, 0.717) is 18.1 Å². The molecule has 0 bridgehead atoms. The molecule has 6 nitrogen and oxygen atoms in total. The van der Waals surface area contributed by atoms with E-state index in [9.17, 15) is 4.79 Å². The number of thiazole rings is 1. The number of hydrogen-bond acceptors (Lipinski definition) is 6. The first kappa shape index (κ1) is 9.66. The van der Waals surface area contributed by atoms with Gasteiger partial charge in [-0.25, -0.2) is 9.97 Å². The lowest BCUT2D eigenvalue weighted by atomic mass is 10.4. The first-order valence-corrected chi connectivity index (χ1v) is 5.09. The van der Waals surface area contributed by atoms with Crippen LogP contribution in [-0.4, -0.2) is 15.0 Å². The number of rotatable bonds is 3. The Morgan fingerprint density at radius 3 is 3.13 bits per heavy atom. The van der Waals surface area contributed by atoms with Crippen LogP contribution < -0.4 is 15.9 Å². The SMILES string of the molecule is Nc1cncnc1NCc1csc(=O)[nH]1. The number of aromatic amines is 1. The predicted molar refractivity (Wildman–Crippen MR) is 58.7 cm³/mol. The second-order valence-corrected chi connectivity index (χ2v) is 3.70. The number of nitrogens with one attached hydrogen (secondary N) is 2. The van der Waals surface area contributed by atoms with Crippen LogP contribution in [-0.2, 0) is 6.54 Å². The molecule has 0 aliphatic heterocycles. The lowest BCUT2D eigenvalue weighted by Crippen LogP contribution is -2.06. The number of hydrogen-bond donors (Lipinski definition) is 3. The molecule has 2 aromatic rings. The summed E-state index contributed by atoms with van der Waals surface area (Å²) in [4.78, 5) is 21.2. The Labute approximate surface area is 89.2 Å². The summed E-state index contributed by atoms with van der Waals surface area (Å²) in [7, 11) is 0. The highest BCUT2D eigenvalue weighted by Gasteiger charge is 2.00. The van der Waals surface area contributed by atoms with E-state index in [0.717, 1.165) is 17.0 Å². The summed E-state index contributed by atoms with van der Waals surface area (Å²) in [5.74, 6) is 0.567. The largest absolute Gasteiger partial charge is 0.394 e. The highest BCUT2D eigenvalue weighted by molar-refractivity contribution is 7.07. The fourth-order valence-corrected chi connectivity index (χ4v) is 1.65. The van der Waals surface area contributed by atoms with Crippen LogP contribution in [0.5, 0.6) is 0 Å². The number of anilines is 2. The van der Waals surface area contributed by atoms with Gasteiger partial charge in [0.1, 0.15) is 6.33 Å². The van der Waals surface area contributed by atoms with Crippen molar-refractivity contribution in [3.63, 3.8) is 0 Å². The fraction of sp³-hybridized carbons (Fsp3) is 0.125. The number of aromatic nitrogens is 3. The zero-order valence-corrected chi connectivity index (χ0v) is 8.54. The molecule has 15 heavy (non-hydrogen) atoms. The number of nitrogen functional groups attached to an aromatic ring is 1. The summed E-state index contributed by atoms with van der Waals surface area (Å²) in [5, 5.41) is 4.76. The van der Waals surface area contributed by atoms with E-state index in [2.05, 4.69) is 20.3 Å². The maximum absolute atomic E-state index is 10.9. The molecule has 2 aromatic heterocycles. The Bertz CT molecular complexity index is 505. The average Bonchev–Trinajstić information content (AvgIpc) is 2.63. The summed E-state index contributed by atoms with van der Waals surface area (Å²) >= 11 is 1.13. The third kappa shape index (κ3) is 2.32. The lowest BCUT2D eigenvalue weighted by Gasteiger charge is -2.05. The van der Waals surface area contributed by atoms with Crippen LogP contribution >= 0.6 is 11.3 Å². The van der Waals surface area contributed by atoms with Gasteiger partial charge in [-0.1, -0.05) is 11.3 Å². The molecule has 7 heteroatoms. The zero-order valence-electron chi connectivity index (χ0n) is 7.73.